The third-order valence-corrected chi connectivity index (χ3v) is 4.96. The summed E-state index contributed by atoms with van der Waals surface area (Å²) in [5, 5.41) is 3.56. The Bertz CT molecular complexity index is 233. The lowest BCUT2D eigenvalue weighted by Gasteiger charge is -2.29. The average Bonchev–Trinajstić information content (AvgIpc) is 3.03. The van der Waals surface area contributed by atoms with Gasteiger partial charge >= 0.3 is 0 Å². The zero-order valence-electron chi connectivity index (χ0n) is 13.2. The highest BCUT2D eigenvalue weighted by Crippen LogP contribution is 2.35. The number of hydrogen-bond donors (Lipinski definition) is 1. The molecule has 0 aromatic heterocycles. The second-order valence-corrected chi connectivity index (χ2v) is 7.10. The molecule has 0 radical (unpaired) electrons. The Kier molecular flexibility index (Phi) is 6.66. The van der Waals surface area contributed by atoms with Gasteiger partial charge in [-0.1, -0.05) is 26.7 Å². The Labute approximate surface area is 120 Å². The molecular formula is C17H34N2. The summed E-state index contributed by atoms with van der Waals surface area (Å²) in [5.41, 5.74) is 0. The normalized spacial score (nSPS) is 25.7. The molecule has 1 N–H and O–H groups in total. The SMILES string of the molecule is CC(C)CNCCCCN1CCCC1C1CCCC1. The Hall–Kier alpha value is -0.0800. The molecule has 0 aromatic carbocycles. The van der Waals surface area contributed by atoms with Crippen molar-refractivity contribution in [2.45, 2.75) is 71.3 Å². The molecular weight excluding hydrogens is 232 g/mol. The van der Waals surface area contributed by atoms with Gasteiger partial charge in [0, 0.05) is 6.04 Å². The predicted octanol–water partition coefficient (Wildman–Crippen LogP) is 3.67. The van der Waals surface area contributed by atoms with E-state index in [0.29, 0.717) is 0 Å². The molecule has 1 saturated carbocycles. The summed E-state index contributed by atoms with van der Waals surface area (Å²) in [6.07, 6.45) is 11.7. The molecule has 19 heavy (non-hydrogen) atoms. The third kappa shape index (κ3) is 5.07. The standard InChI is InChI=1S/C17H34N2/c1-15(2)14-18-11-5-6-12-19-13-7-10-17(19)16-8-3-4-9-16/h15-18H,3-14H2,1-2H3. The first-order valence-electron chi connectivity index (χ1n) is 8.72. The van der Waals surface area contributed by atoms with Gasteiger partial charge < -0.3 is 10.2 Å². The maximum absolute atomic E-state index is 3.56. The first-order chi connectivity index (χ1) is 9.27. The maximum Gasteiger partial charge on any atom is 0.0124 e. The van der Waals surface area contributed by atoms with Gasteiger partial charge in [-0.2, -0.15) is 0 Å². The molecule has 0 bridgehead atoms. The smallest absolute Gasteiger partial charge is 0.0124 e. The lowest BCUT2D eigenvalue weighted by Crippen LogP contribution is -2.35. The number of nitrogens with zero attached hydrogens (tertiary/aromatic N) is 1. The van der Waals surface area contributed by atoms with Crippen LogP contribution in [0.3, 0.4) is 0 Å². The van der Waals surface area contributed by atoms with Crippen LogP contribution in [-0.2, 0) is 0 Å². The number of likely N-dealkylation sites (tertiary alicyclic amines) is 1. The fourth-order valence-corrected chi connectivity index (χ4v) is 3.96. The minimum Gasteiger partial charge on any atom is -0.316 e. The van der Waals surface area contributed by atoms with E-state index in [1.165, 1.54) is 77.5 Å². The van der Waals surface area contributed by atoms with Crippen molar-refractivity contribution in [1.82, 2.24) is 10.2 Å². The predicted molar refractivity (Wildman–Crippen MR) is 83.5 cm³/mol. The topological polar surface area (TPSA) is 15.3 Å². The Balaban J connectivity index is 1.56. The third-order valence-electron chi connectivity index (χ3n) is 4.96. The molecule has 1 unspecified atom stereocenters. The molecule has 1 heterocycles. The quantitative estimate of drug-likeness (QED) is 0.674. The maximum atomic E-state index is 3.56. The van der Waals surface area contributed by atoms with Crippen LogP contribution in [0.2, 0.25) is 0 Å². The summed E-state index contributed by atoms with van der Waals surface area (Å²) in [6, 6.07) is 0.950. The van der Waals surface area contributed by atoms with Crippen LogP contribution in [0.4, 0.5) is 0 Å². The molecule has 2 fully saturated rings. The summed E-state index contributed by atoms with van der Waals surface area (Å²) in [4.78, 5) is 2.82. The molecule has 1 aliphatic carbocycles. The van der Waals surface area contributed by atoms with Crippen LogP contribution in [0, 0.1) is 11.8 Å². The molecule has 112 valence electrons. The van der Waals surface area contributed by atoms with E-state index in [0.717, 1.165) is 17.9 Å². The highest BCUT2D eigenvalue weighted by molar-refractivity contribution is 4.87. The van der Waals surface area contributed by atoms with Crippen LogP contribution >= 0.6 is 0 Å². The fourth-order valence-electron chi connectivity index (χ4n) is 3.96. The summed E-state index contributed by atoms with van der Waals surface area (Å²) in [7, 11) is 0. The summed E-state index contributed by atoms with van der Waals surface area (Å²) >= 11 is 0. The van der Waals surface area contributed by atoms with Crippen LogP contribution in [-0.4, -0.2) is 37.1 Å². The van der Waals surface area contributed by atoms with Crippen LogP contribution < -0.4 is 5.32 Å². The molecule has 2 aliphatic rings. The number of rotatable bonds is 8. The van der Waals surface area contributed by atoms with Crippen molar-refractivity contribution in [2.24, 2.45) is 11.8 Å². The molecule has 2 nitrogen and oxygen atoms in total. The summed E-state index contributed by atoms with van der Waals surface area (Å²) < 4.78 is 0. The largest absolute Gasteiger partial charge is 0.316 e. The van der Waals surface area contributed by atoms with Gasteiger partial charge in [-0.15, -0.1) is 0 Å². The molecule has 1 aliphatic heterocycles. The van der Waals surface area contributed by atoms with E-state index in [2.05, 4.69) is 24.1 Å². The Morgan fingerprint density at radius 2 is 1.84 bits per heavy atom. The van der Waals surface area contributed by atoms with E-state index in [9.17, 15) is 0 Å². The van der Waals surface area contributed by atoms with E-state index in [-0.39, 0.29) is 0 Å². The van der Waals surface area contributed by atoms with Gasteiger partial charge in [-0.05, 0) is 76.5 Å². The number of hydrogen-bond acceptors (Lipinski definition) is 2. The molecule has 0 amide bonds. The lowest BCUT2D eigenvalue weighted by molar-refractivity contribution is 0.187. The fraction of sp³-hybridized carbons (Fsp3) is 1.00. The van der Waals surface area contributed by atoms with E-state index in [1.807, 2.05) is 0 Å². The second kappa shape index (κ2) is 8.26. The number of nitrogens with one attached hydrogen (secondary N) is 1. The van der Waals surface area contributed by atoms with Gasteiger partial charge in [0.05, 0.1) is 0 Å². The van der Waals surface area contributed by atoms with Gasteiger partial charge in [0.15, 0.2) is 0 Å². The van der Waals surface area contributed by atoms with Crippen LogP contribution in [0.5, 0.6) is 0 Å². The van der Waals surface area contributed by atoms with Gasteiger partial charge in [-0.25, -0.2) is 0 Å². The van der Waals surface area contributed by atoms with E-state index >= 15 is 0 Å². The van der Waals surface area contributed by atoms with Crippen LogP contribution in [0.15, 0.2) is 0 Å². The van der Waals surface area contributed by atoms with Gasteiger partial charge in [-0.3, -0.25) is 0 Å². The molecule has 1 saturated heterocycles. The van der Waals surface area contributed by atoms with E-state index in [1.54, 1.807) is 0 Å². The van der Waals surface area contributed by atoms with Crippen molar-refractivity contribution in [3.63, 3.8) is 0 Å². The first kappa shape index (κ1) is 15.3. The van der Waals surface area contributed by atoms with Crippen molar-refractivity contribution < 1.29 is 0 Å². The highest BCUT2D eigenvalue weighted by Gasteiger charge is 2.32. The average molecular weight is 266 g/mol. The van der Waals surface area contributed by atoms with Gasteiger partial charge in [0.2, 0.25) is 0 Å². The van der Waals surface area contributed by atoms with Crippen LogP contribution in [0.25, 0.3) is 0 Å². The molecule has 2 heteroatoms. The number of unbranched alkanes of at least 4 members (excludes halogenated alkanes) is 1. The Morgan fingerprint density at radius 1 is 1.05 bits per heavy atom. The molecule has 2 rings (SSSR count). The highest BCUT2D eigenvalue weighted by atomic mass is 15.2. The minimum absolute atomic E-state index is 0.783. The zero-order valence-corrected chi connectivity index (χ0v) is 13.2. The molecule has 0 spiro atoms. The lowest BCUT2D eigenvalue weighted by atomic mass is 9.96. The van der Waals surface area contributed by atoms with Crippen molar-refractivity contribution in [2.75, 3.05) is 26.2 Å². The first-order valence-corrected chi connectivity index (χ1v) is 8.72. The molecule has 1 atom stereocenters. The minimum atomic E-state index is 0.783. The van der Waals surface area contributed by atoms with Crippen molar-refractivity contribution >= 4 is 0 Å². The second-order valence-electron chi connectivity index (χ2n) is 7.10. The van der Waals surface area contributed by atoms with Crippen molar-refractivity contribution in [3.8, 4) is 0 Å². The van der Waals surface area contributed by atoms with Gasteiger partial charge in [0.1, 0.15) is 0 Å². The zero-order chi connectivity index (χ0) is 13.5. The Morgan fingerprint density at radius 3 is 2.58 bits per heavy atom. The van der Waals surface area contributed by atoms with E-state index < -0.39 is 0 Å². The van der Waals surface area contributed by atoms with Gasteiger partial charge in [0.25, 0.3) is 0 Å². The van der Waals surface area contributed by atoms with Crippen molar-refractivity contribution in [3.05, 3.63) is 0 Å². The summed E-state index contributed by atoms with van der Waals surface area (Å²) in [5.74, 6) is 1.83. The monoisotopic (exact) mass is 266 g/mol. The van der Waals surface area contributed by atoms with E-state index in [4.69, 9.17) is 0 Å². The molecule has 0 aromatic rings. The van der Waals surface area contributed by atoms with Crippen molar-refractivity contribution in [1.29, 1.82) is 0 Å². The summed E-state index contributed by atoms with van der Waals surface area (Å²) in [6.45, 7) is 9.67. The van der Waals surface area contributed by atoms with Crippen LogP contribution in [0.1, 0.15) is 65.2 Å².